The van der Waals surface area contributed by atoms with Crippen molar-refractivity contribution in [3.05, 3.63) is 59.7 Å². The standard InChI is InChI=1S/C16H11ClO5S.C2H6/c17-23(20,21)13-7-3-11(4-8-13)15-14(9-22-16(15)19)10-1-5-12(18)6-2-10;1-2/h1-8,18H,9H2;1-2H3. The predicted molar refractivity (Wildman–Crippen MR) is 96.7 cm³/mol. The normalized spacial score (nSPS) is 14.0. The molecule has 0 aromatic heterocycles. The van der Waals surface area contributed by atoms with Crippen LogP contribution in [0.2, 0.25) is 0 Å². The summed E-state index contributed by atoms with van der Waals surface area (Å²) in [6.07, 6.45) is 0. The van der Waals surface area contributed by atoms with Crippen LogP contribution in [0.25, 0.3) is 11.1 Å². The summed E-state index contributed by atoms with van der Waals surface area (Å²) >= 11 is 0. The molecule has 1 N–H and O–H groups in total. The van der Waals surface area contributed by atoms with Gasteiger partial charge in [-0.05, 0) is 35.4 Å². The van der Waals surface area contributed by atoms with Gasteiger partial charge in [-0.2, -0.15) is 0 Å². The molecule has 0 saturated heterocycles. The largest absolute Gasteiger partial charge is 0.508 e. The molecule has 1 heterocycles. The van der Waals surface area contributed by atoms with E-state index in [4.69, 9.17) is 15.4 Å². The molecule has 5 nitrogen and oxygen atoms in total. The fourth-order valence-electron chi connectivity index (χ4n) is 2.37. The molecule has 25 heavy (non-hydrogen) atoms. The fraction of sp³-hybridized carbons (Fsp3) is 0.167. The van der Waals surface area contributed by atoms with Crippen molar-refractivity contribution in [1.82, 2.24) is 0 Å². The third kappa shape index (κ3) is 4.21. The molecule has 1 aliphatic heterocycles. The van der Waals surface area contributed by atoms with Gasteiger partial charge >= 0.3 is 5.97 Å². The van der Waals surface area contributed by atoms with Gasteiger partial charge < -0.3 is 9.84 Å². The molecule has 0 unspecified atom stereocenters. The molecular weight excluding hydrogens is 364 g/mol. The van der Waals surface area contributed by atoms with E-state index >= 15 is 0 Å². The van der Waals surface area contributed by atoms with E-state index in [1.807, 2.05) is 13.8 Å². The third-order valence-electron chi connectivity index (χ3n) is 3.49. The number of carbonyl (C=O) groups is 1. The monoisotopic (exact) mass is 380 g/mol. The molecule has 7 heteroatoms. The average molecular weight is 381 g/mol. The molecule has 2 aromatic carbocycles. The molecule has 0 radical (unpaired) electrons. The van der Waals surface area contributed by atoms with Crippen LogP contribution in [0.1, 0.15) is 25.0 Å². The lowest BCUT2D eigenvalue weighted by Crippen LogP contribution is -1.99. The molecule has 3 rings (SSSR count). The zero-order valence-electron chi connectivity index (χ0n) is 13.7. The average Bonchev–Trinajstić information content (AvgIpc) is 2.98. The van der Waals surface area contributed by atoms with E-state index in [2.05, 4.69) is 0 Å². The highest BCUT2D eigenvalue weighted by Crippen LogP contribution is 2.34. The number of aromatic hydroxyl groups is 1. The van der Waals surface area contributed by atoms with Gasteiger partial charge in [-0.3, -0.25) is 0 Å². The van der Waals surface area contributed by atoms with Gasteiger partial charge in [0.05, 0.1) is 10.5 Å². The van der Waals surface area contributed by atoms with E-state index in [-0.39, 0.29) is 17.3 Å². The van der Waals surface area contributed by atoms with E-state index in [0.717, 1.165) is 5.56 Å². The number of hydrogen-bond acceptors (Lipinski definition) is 5. The van der Waals surface area contributed by atoms with Crippen molar-refractivity contribution in [2.45, 2.75) is 18.7 Å². The molecule has 132 valence electrons. The molecule has 0 amide bonds. The Balaban J connectivity index is 0.00000109. The quantitative estimate of drug-likeness (QED) is 0.646. The number of halogens is 1. The first-order valence-electron chi connectivity index (χ1n) is 7.61. The minimum atomic E-state index is -3.81. The summed E-state index contributed by atoms with van der Waals surface area (Å²) in [5.41, 5.74) is 2.34. The first-order valence-corrected chi connectivity index (χ1v) is 9.92. The summed E-state index contributed by atoms with van der Waals surface area (Å²) in [6.45, 7) is 4.12. The summed E-state index contributed by atoms with van der Waals surface area (Å²) in [5.74, 6) is -0.354. The lowest BCUT2D eigenvalue weighted by molar-refractivity contribution is -0.133. The lowest BCUT2D eigenvalue weighted by Gasteiger charge is -2.05. The summed E-state index contributed by atoms with van der Waals surface area (Å²) in [4.78, 5) is 12.0. The molecule has 1 aliphatic rings. The van der Waals surface area contributed by atoms with Crippen LogP contribution in [-0.4, -0.2) is 26.1 Å². The van der Waals surface area contributed by atoms with E-state index in [0.29, 0.717) is 16.7 Å². The molecule has 0 aliphatic carbocycles. The Hall–Kier alpha value is -2.31. The van der Waals surface area contributed by atoms with Crippen molar-refractivity contribution in [2.24, 2.45) is 0 Å². The van der Waals surface area contributed by atoms with E-state index < -0.39 is 15.0 Å². The number of esters is 1. The van der Waals surface area contributed by atoms with Gasteiger partial charge in [0.2, 0.25) is 0 Å². The van der Waals surface area contributed by atoms with Crippen LogP contribution in [-0.2, 0) is 18.6 Å². The number of phenolic OH excluding ortho intramolecular Hbond substituents is 1. The number of phenols is 1. The van der Waals surface area contributed by atoms with Crippen LogP contribution in [0.15, 0.2) is 53.4 Å². The topological polar surface area (TPSA) is 80.7 Å². The van der Waals surface area contributed by atoms with Gasteiger partial charge in [0.1, 0.15) is 12.4 Å². The molecule has 0 fully saturated rings. The smallest absolute Gasteiger partial charge is 0.339 e. The highest BCUT2D eigenvalue weighted by atomic mass is 35.7. The number of hydrogen-bond donors (Lipinski definition) is 1. The number of benzene rings is 2. The van der Waals surface area contributed by atoms with Gasteiger partial charge in [0.25, 0.3) is 9.05 Å². The van der Waals surface area contributed by atoms with E-state index in [9.17, 15) is 18.3 Å². The first kappa shape index (κ1) is 19.0. The van der Waals surface area contributed by atoms with Crippen LogP contribution in [0.3, 0.4) is 0 Å². The molecule has 0 saturated carbocycles. The Morgan fingerprint density at radius 1 is 0.960 bits per heavy atom. The van der Waals surface area contributed by atoms with Crippen LogP contribution >= 0.6 is 10.7 Å². The van der Waals surface area contributed by atoms with Crippen LogP contribution in [0, 0.1) is 0 Å². The Bertz CT molecular complexity index is 897. The first-order chi connectivity index (χ1) is 11.9. The van der Waals surface area contributed by atoms with Gasteiger partial charge in [0, 0.05) is 16.3 Å². The van der Waals surface area contributed by atoms with E-state index in [1.165, 1.54) is 36.4 Å². The maximum Gasteiger partial charge on any atom is 0.339 e. The second kappa shape index (κ2) is 7.72. The second-order valence-electron chi connectivity index (χ2n) is 4.94. The molecule has 0 bridgehead atoms. The van der Waals surface area contributed by atoms with Gasteiger partial charge in [-0.15, -0.1) is 0 Å². The summed E-state index contributed by atoms with van der Waals surface area (Å²) in [5, 5.41) is 9.36. The van der Waals surface area contributed by atoms with E-state index in [1.54, 1.807) is 12.1 Å². The zero-order chi connectivity index (χ0) is 18.6. The van der Waals surface area contributed by atoms with Gasteiger partial charge in [-0.1, -0.05) is 38.1 Å². The van der Waals surface area contributed by atoms with Crippen LogP contribution in [0.4, 0.5) is 0 Å². The lowest BCUT2D eigenvalue weighted by atomic mass is 9.97. The maximum absolute atomic E-state index is 12.0. The third-order valence-corrected chi connectivity index (χ3v) is 4.86. The molecule has 0 atom stereocenters. The minimum Gasteiger partial charge on any atom is -0.508 e. The van der Waals surface area contributed by atoms with Crippen molar-refractivity contribution >= 4 is 36.8 Å². The maximum atomic E-state index is 12.0. The Morgan fingerprint density at radius 3 is 2.00 bits per heavy atom. The van der Waals surface area contributed by atoms with Gasteiger partial charge in [-0.25, -0.2) is 13.2 Å². The number of cyclic esters (lactones) is 1. The van der Waals surface area contributed by atoms with Crippen molar-refractivity contribution in [2.75, 3.05) is 6.61 Å². The second-order valence-corrected chi connectivity index (χ2v) is 7.50. The van der Waals surface area contributed by atoms with Crippen molar-refractivity contribution in [3.8, 4) is 5.75 Å². The number of rotatable bonds is 3. The zero-order valence-corrected chi connectivity index (χ0v) is 15.3. The minimum absolute atomic E-state index is 0.0407. The molecular formula is C18H17ClO5S. The number of carbonyl (C=O) groups excluding carboxylic acids is 1. The Morgan fingerprint density at radius 2 is 1.48 bits per heavy atom. The summed E-state index contributed by atoms with van der Waals surface area (Å²) < 4.78 is 27.7. The Labute approximate surface area is 150 Å². The Kier molecular flexibility index (Phi) is 5.87. The fourth-order valence-corrected chi connectivity index (χ4v) is 3.14. The van der Waals surface area contributed by atoms with Crippen molar-refractivity contribution < 1.29 is 23.1 Å². The van der Waals surface area contributed by atoms with Crippen LogP contribution in [0.5, 0.6) is 5.75 Å². The SMILES string of the molecule is CC.O=C1OCC(c2ccc(O)cc2)=C1c1ccc(S(=O)(=O)Cl)cc1. The van der Waals surface area contributed by atoms with Crippen molar-refractivity contribution in [3.63, 3.8) is 0 Å². The molecule has 2 aromatic rings. The predicted octanol–water partition coefficient (Wildman–Crippen LogP) is 3.81. The van der Waals surface area contributed by atoms with Crippen LogP contribution < -0.4 is 0 Å². The number of ether oxygens (including phenoxy) is 1. The highest BCUT2D eigenvalue weighted by Gasteiger charge is 2.27. The highest BCUT2D eigenvalue weighted by molar-refractivity contribution is 8.13. The molecule has 0 spiro atoms. The van der Waals surface area contributed by atoms with Crippen molar-refractivity contribution in [1.29, 1.82) is 0 Å². The summed E-state index contributed by atoms with van der Waals surface area (Å²) in [7, 11) is 1.47. The van der Waals surface area contributed by atoms with Gasteiger partial charge in [0.15, 0.2) is 0 Å². The summed E-state index contributed by atoms with van der Waals surface area (Å²) in [6, 6.07) is 12.1.